The number of nitrogens with zero attached hydrogens (tertiary/aromatic N) is 2. The molecule has 3 nitrogen and oxygen atoms in total. The van der Waals surface area contributed by atoms with Crippen LogP contribution in [0.1, 0.15) is 60.6 Å². The molecule has 0 N–H and O–H groups in total. The maximum Gasteiger partial charge on any atom is 0.181 e. The van der Waals surface area contributed by atoms with Gasteiger partial charge < -0.3 is 0 Å². The SMILES string of the molecule is O=C1CCCc2cnn(C3CCCC3)c21. The molecule has 1 aromatic heterocycles. The molecule has 1 heterocycles. The fraction of sp³-hybridized carbons (Fsp3) is 0.667. The molecule has 0 saturated heterocycles. The first kappa shape index (κ1) is 9.13. The smallest absolute Gasteiger partial charge is 0.181 e. The zero-order chi connectivity index (χ0) is 10.3. The van der Waals surface area contributed by atoms with E-state index in [1.807, 2.05) is 10.9 Å². The summed E-state index contributed by atoms with van der Waals surface area (Å²) in [6, 6.07) is 0.496. The number of rotatable bonds is 1. The lowest BCUT2D eigenvalue weighted by atomic mass is 9.96. The lowest BCUT2D eigenvalue weighted by molar-refractivity contribution is 0.0959. The van der Waals surface area contributed by atoms with Gasteiger partial charge in [-0.25, -0.2) is 0 Å². The average molecular weight is 204 g/mol. The van der Waals surface area contributed by atoms with Crippen molar-refractivity contribution in [1.29, 1.82) is 0 Å². The minimum absolute atomic E-state index is 0.306. The van der Waals surface area contributed by atoms with E-state index < -0.39 is 0 Å². The zero-order valence-electron chi connectivity index (χ0n) is 8.91. The van der Waals surface area contributed by atoms with Crippen molar-refractivity contribution < 1.29 is 4.79 Å². The molecule has 3 heteroatoms. The number of fused-ring (bicyclic) bond motifs is 1. The Bertz CT molecular complexity index is 388. The zero-order valence-corrected chi connectivity index (χ0v) is 8.91. The maximum absolute atomic E-state index is 11.9. The van der Waals surface area contributed by atoms with Gasteiger partial charge in [-0.2, -0.15) is 5.10 Å². The molecule has 80 valence electrons. The lowest BCUT2D eigenvalue weighted by Crippen LogP contribution is -2.18. The van der Waals surface area contributed by atoms with E-state index >= 15 is 0 Å². The van der Waals surface area contributed by atoms with Crippen molar-refractivity contribution in [3.8, 4) is 0 Å². The Morgan fingerprint density at radius 2 is 2.00 bits per heavy atom. The Balaban J connectivity index is 2.01. The Hall–Kier alpha value is -1.12. The van der Waals surface area contributed by atoms with Gasteiger partial charge in [-0.3, -0.25) is 9.48 Å². The van der Waals surface area contributed by atoms with E-state index in [2.05, 4.69) is 5.10 Å². The molecule has 3 rings (SSSR count). The first-order valence-corrected chi connectivity index (χ1v) is 5.96. The maximum atomic E-state index is 11.9. The Morgan fingerprint density at radius 1 is 1.20 bits per heavy atom. The molecule has 2 aliphatic carbocycles. The molecule has 1 fully saturated rings. The highest BCUT2D eigenvalue weighted by molar-refractivity contribution is 5.96. The second-order valence-corrected chi connectivity index (χ2v) is 4.68. The van der Waals surface area contributed by atoms with E-state index in [0.717, 1.165) is 18.5 Å². The molecule has 0 aromatic carbocycles. The fourth-order valence-electron chi connectivity index (χ4n) is 2.87. The van der Waals surface area contributed by atoms with Gasteiger partial charge in [-0.1, -0.05) is 12.8 Å². The molecule has 0 aliphatic heterocycles. The van der Waals surface area contributed by atoms with Crippen molar-refractivity contribution in [3.05, 3.63) is 17.5 Å². The second kappa shape index (κ2) is 3.47. The highest BCUT2D eigenvalue weighted by Crippen LogP contribution is 2.32. The predicted octanol–water partition coefficient (Wildman–Crippen LogP) is 2.52. The van der Waals surface area contributed by atoms with Crippen LogP contribution in [0.25, 0.3) is 0 Å². The molecule has 0 radical (unpaired) electrons. The summed E-state index contributed by atoms with van der Waals surface area (Å²) in [4.78, 5) is 11.9. The first-order chi connectivity index (χ1) is 7.36. The third-order valence-electron chi connectivity index (χ3n) is 3.66. The molecule has 1 saturated carbocycles. The number of aryl methyl sites for hydroxylation is 1. The highest BCUT2D eigenvalue weighted by Gasteiger charge is 2.27. The molecule has 1 aromatic rings. The molecule has 0 bridgehead atoms. The van der Waals surface area contributed by atoms with E-state index in [1.165, 1.54) is 31.2 Å². The molecule has 0 unspecified atom stereocenters. The van der Waals surface area contributed by atoms with Crippen LogP contribution in [-0.4, -0.2) is 15.6 Å². The van der Waals surface area contributed by atoms with Crippen molar-refractivity contribution in [2.45, 2.75) is 51.0 Å². The third-order valence-corrected chi connectivity index (χ3v) is 3.66. The molecular weight excluding hydrogens is 188 g/mol. The van der Waals surface area contributed by atoms with Crippen molar-refractivity contribution >= 4 is 5.78 Å². The standard InChI is InChI=1S/C12H16N2O/c15-11-7-3-4-9-8-13-14(12(9)11)10-5-1-2-6-10/h8,10H,1-7H2. The Kier molecular flexibility index (Phi) is 2.11. The minimum atomic E-state index is 0.306. The van der Waals surface area contributed by atoms with Gasteiger partial charge in [0.05, 0.1) is 12.2 Å². The van der Waals surface area contributed by atoms with E-state index in [1.54, 1.807) is 0 Å². The summed E-state index contributed by atoms with van der Waals surface area (Å²) in [5, 5.41) is 4.43. The van der Waals surface area contributed by atoms with Crippen LogP contribution < -0.4 is 0 Å². The van der Waals surface area contributed by atoms with Crippen molar-refractivity contribution in [2.75, 3.05) is 0 Å². The van der Waals surface area contributed by atoms with Gasteiger partial charge in [0.25, 0.3) is 0 Å². The second-order valence-electron chi connectivity index (χ2n) is 4.68. The van der Waals surface area contributed by atoms with Crippen LogP contribution in [0, 0.1) is 0 Å². The van der Waals surface area contributed by atoms with Crippen molar-refractivity contribution in [1.82, 2.24) is 9.78 Å². The normalized spacial score (nSPS) is 22.0. The molecule has 0 amide bonds. The average Bonchev–Trinajstić information content (AvgIpc) is 2.85. The van der Waals surface area contributed by atoms with E-state index in [4.69, 9.17) is 0 Å². The number of Topliss-reactive ketones (excluding diaryl/α,β-unsaturated/α-hetero) is 1. The third kappa shape index (κ3) is 1.41. The summed E-state index contributed by atoms with van der Waals surface area (Å²) >= 11 is 0. The monoisotopic (exact) mass is 204 g/mol. The van der Waals surface area contributed by atoms with Gasteiger partial charge in [0, 0.05) is 12.0 Å². The largest absolute Gasteiger partial charge is 0.292 e. The Labute approximate surface area is 89.5 Å². The van der Waals surface area contributed by atoms with Gasteiger partial charge >= 0.3 is 0 Å². The van der Waals surface area contributed by atoms with Crippen LogP contribution in [-0.2, 0) is 6.42 Å². The Morgan fingerprint density at radius 3 is 2.80 bits per heavy atom. The van der Waals surface area contributed by atoms with Crippen LogP contribution in [0.15, 0.2) is 6.20 Å². The van der Waals surface area contributed by atoms with Crippen LogP contribution in [0.3, 0.4) is 0 Å². The summed E-state index contributed by atoms with van der Waals surface area (Å²) in [6.07, 6.45) is 9.62. The fourth-order valence-corrected chi connectivity index (χ4v) is 2.87. The number of aromatic nitrogens is 2. The first-order valence-electron chi connectivity index (χ1n) is 5.96. The summed E-state index contributed by atoms with van der Waals surface area (Å²) in [5.74, 6) is 0.306. The summed E-state index contributed by atoms with van der Waals surface area (Å²) in [7, 11) is 0. The number of carbonyl (C=O) groups is 1. The molecule has 2 aliphatic rings. The van der Waals surface area contributed by atoms with E-state index in [-0.39, 0.29) is 0 Å². The van der Waals surface area contributed by atoms with Crippen molar-refractivity contribution in [3.63, 3.8) is 0 Å². The van der Waals surface area contributed by atoms with Gasteiger partial charge in [0.1, 0.15) is 5.69 Å². The predicted molar refractivity (Wildman–Crippen MR) is 57.0 cm³/mol. The van der Waals surface area contributed by atoms with Gasteiger partial charge in [-0.05, 0) is 25.7 Å². The summed E-state index contributed by atoms with van der Waals surface area (Å²) in [6.45, 7) is 0. The van der Waals surface area contributed by atoms with Crippen LogP contribution in [0.2, 0.25) is 0 Å². The molecule has 0 spiro atoms. The lowest BCUT2D eigenvalue weighted by Gasteiger charge is -2.17. The van der Waals surface area contributed by atoms with E-state index in [0.29, 0.717) is 18.2 Å². The number of hydrogen-bond acceptors (Lipinski definition) is 2. The van der Waals surface area contributed by atoms with Crippen LogP contribution in [0.4, 0.5) is 0 Å². The minimum Gasteiger partial charge on any atom is -0.292 e. The van der Waals surface area contributed by atoms with Gasteiger partial charge in [0.15, 0.2) is 5.78 Å². The molecular formula is C12H16N2O. The van der Waals surface area contributed by atoms with Crippen molar-refractivity contribution in [2.24, 2.45) is 0 Å². The highest BCUT2D eigenvalue weighted by atomic mass is 16.1. The topological polar surface area (TPSA) is 34.9 Å². The van der Waals surface area contributed by atoms with Gasteiger partial charge in [-0.15, -0.1) is 0 Å². The number of ketones is 1. The number of hydrogen-bond donors (Lipinski definition) is 0. The van der Waals surface area contributed by atoms with Crippen LogP contribution >= 0.6 is 0 Å². The van der Waals surface area contributed by atoms with E-state index in [9.17, 15) is 4.79 Å². The summed E-state index contributed by atoms with van der Waals surface area (Å²) < 4.78 is 2.02. The number of carbonyl (C=O) groups excluding carboxylic acids is 1. The quantitative estimate of drug-likeness (QED) is 0.704. The summed E-state index contributed by atoms with van der Waals surface area (Å²) in [5.41, 5.74) is 2.10. The molecule has 15 heavy (non-hydrogen) atoms. The van der Waals surface area contributed by atoms with Gasteiger partial charge in [0.2, 0.25) is 0 Å². The molecule has 0 atom stereocenters. The van der Waals surface area contributed by atoms with Crippen LogP contribution in [0.5, 0.6) is 0 Å².